The Balaban J connectivity index is 2.09. The highest BCUT2D eigenvalue weighted by Gasteiger charge is 2.15. The highest BCUT2D eigenvalue weighted by molar-refractivity contribution is 7.89. The molecule has 0 spiro atoms. The molecule has 0 radical (unpaired) electrons. The second-order valence-electron chi connectivity index (χ2n) is 4.50. The van der Waals surface area contributed by atoms with Gasteiger partial charge in [-0.2, -0.15) is 0 Å². The normalized spacial score (nSPS) is 11.1. The van der Waals surface area contributed by atoms with Crippen molar-refractivity contribution in [2.45, 2.75) is 11.4 Å². The predicted molar refractivity (Wildman–Crippen MR) is 80.2 cm³/mol. The van der Waals surface area contributed by atoms with E-state index in [9.17, 15) is 28.6 Å². The van der Waals surface area contributed by atoms with Gasteiger partial charge >= 0.3 is 0 Å². The summed E-state index contributed by atoms with van der Waals surface area (Å²) < 4.78 is 26.5. The van der Waals surface area contributed by atoms with Gasteiger partial charge in [0, 0.05) is 30.8 Å². The van der Waals surface area contributed by atoms with Gasteiger partial charge in [0.15, 0.2) is 0 Å². The van der Waals surface area contributed by atoms with Crippen LogP contribution in [0.5, 0.6) is 0 Å². The van der Waals surface area contributed by atoms with Crippen molar-refractivity contribution >= 4 is 21.4 Å². The first-order chi connectivity index (χ1) is 10.8. The molecule has 0 saturated carbocycles. The number of nitro groups is 2. The maximum absolute atomic E-state index is 12.1. The predicted octanol–water partition coefficient (Wildman–Crippen LogP) is 1.98. The molecule has 0 amide bonds. The summed E-state index contributed by atoms with van der Waals surface area (Å²) in [6.07, 6.45) is 0. The molecule has 0 aliphatic rings. The second-order valence-corrected chi connectivity index (χ2v) is 6.27. The molecule has 0 heterocycles. The lowest BCUT2D eigenvalue weighted by Crippen LogP contribution is -2.23. The lowest BCUT2D eigenvalue weighted by atomic mass is 10.2. The van der Waals surface area contributed by atoms with Gasteiger partial charge in [0.2, 0.25) is 10.0 Å². The highest BCUT2D eigenvalue weighted by Crippen LogP contribution is 2.16. The molecule has 10 heteroatoms. The van der Waals surface area contributed by atoms with Gasteiger partial charge in [-0.25, -0.2) is 13.1 Å². The molecule has 2 aromatic carbocycles. The van der Waals surface area contributed by atoms with Crippen molar-refractivity contribution in [3.05, 3.63) is 74.3 Å². The number of nitrogens with zero attached hydrogens (tertiary/aromatic N) is 2. The molecule has 0 aliphatic heterocycles. The Morgan fingerprint density at radius 2 is 1.26 bits per heavy atom. The van der Waals surface area contributed by atoms with Crippen molar-refractivity contribution in [3.63, 3.8) is 0 Å². The van der Waals surface area contributed by atoms with Crippen LogP contribution in [-0.2, 0) is 16.6 Å². The van der Waals surface area contributed by atoms with Crippen molar-refractivity contribution in [1.82, 2.24) is 4.72 Å². The summed E-state index contributed by atoms with van der Waals surface area (Å²) in [6, 6.07) is 9.89. The zero-order valence-corrected chi connectivity index (χ0v) is 12.4. The van der Waals surface area contributed by atoms with E-state index in [1.165, 1.54) is 24.3 Å². The Morgan fingerprint density at radius 1 is 0.826 bits per heavy atom. The summed E-state index contributed by atoms with van der Waals surface area (Å²) in [5.74, 6) is 0. The van der Waals surface area contributed by atoms with Crippen molar-refractivity contribution in [3.8, 4) is 0 Å². The molecule has 0 bridgehead atoms. The number of benzene rings is 2. The summed E-state index contributed by atoms with van der Waals surface area (Å²) in [5.41, 5.74) is 0.243. The average molecular weight is 337 g/mol. The van der Waals surface area contributed by atoms with Gasteiger partial charge in [-0.15, -0.1) is 0 Å². The largest absolute Gasteiger partial charge is 0.269 e. The van der Waals surface area contributed by atoms with E-state index >= 15 is 0 Å². The lowest BCUT2D eigenvalue weighted by molar-refractivity contribution is -0.385. The molecule has 0 fully saturated rings. The van der Waals surface area contributed by atoms with Gasteiger partial charge in [-0.3, -0.25) is 20.2 Å². The van der Waals surface area contributed by atoms with E-state index in [0.717, 1.165) is 24.3 Å². The van der Waals surface area contributed by atoms with Crippen LogP contribution < -0.4 is 4.72 Å². The van der Waals surface area contributed by atoms with Gasteiger partial charge in [0.25, 0.3) is 11.4 Å². The number of nitrogens with one attached hydrogen (secondary N) is 1. The molecule has 1 N–H and O–H groups in total. The van der Waals surface area contributed by atoms with Crippen LogP contribution in [0.15, 0.2) is 53.4 Å². The Bertz CT molecular complexity index is 831. The standard InChI is InChI=1S/C13H11N3O6S/c17-15(18)11-3-1-10(2-4-11)9-14-23(21,22)13-7-5-12(6-8-13)16(19)20/h1-8,14H,9H2. The van der Waals surface area contributed by atoms with E-state index in [0.29, 0.717) is 5.56 Å². The first kappa shape index (κ1) is 16.5. The zero-order chi connectivity index (χ0) is 17.0. The van der Waals surface area contributed by atoms with Crippen LogP contribution in [0.25, 0.3) is 0 Å². The molecule has 120 valence electrons. The molecule has 23 heavy (non-hydrogen) atoms. The number of sulfonamides is 1. The molecule has 0 atom stereocenters. The molecule has 9 nitrogen and oxygen atoms in total. The maximum atomic E-state index is 12.1. The van der Waals surface area contributed by atoms with Gasteiger partial charge in [-0.1, -0.05) is 12.1 Å². The fourth-order valence-corrected chi connectivity index (χ4v) is 2.76. The molecular formula is C13H11N3O6S. The number of nitro benzene ring substituents is 2. The Kier molecular flexibility index (Phi) is 4.67. The minimum atomic E-state index is -3.83. The summed E-state index contributed by atoms with van der Waals surface area (Å²) in [4.78, 5) is 19.8. The number of hydrogen-bond acceptors (Lipinski definition) is 6. The quantitative estimate of drug-likeness (QED) is 0.633. The maximum Gasteiger partial charge on any atom is 0.269 e. The second kappa shape index (κ2) is 6.50. The van der Waals surface area contributed by atoms with Gasteiger partial charge in [-0.05, 0) is 17.7 Å². The summed E-state index contributed by atoms with van der Waals surface area (Å²) in [5, 5.41) is 21.1. The Labute approximate surface area is 130 Å². The molecule has 0 aliphatic carbocycles. The lowest BCUT2D eigenvalue weighted by Gasteiger charge is -2.06. The third kappa shape index (κ3) is 4.08. The van der Waals surface area contributed by atoms with E-state index in [1.54, 1.807) is 0 Å². The minimum Gasteiger partial charge on any atom is -0.258 e. The SMILES string of the molecule is O=[N+]([O-])c1ccc(CNS(=O)(=O)c2ccc([N+](=O)[O-])cc2)cc1. The molecule has 0 saturated heterocycles. The summed E-state index contributed by atoms with van der Waals surface area (Å²) >= 11 is 0. The molecule has 2 rings (SSSR count). The van der Waals surface area contributed by atoms with E-state index in [1.807, 2.05) is 0 Å². The van der Waals surface area contributed by atoms with Crippen LogP contribution in [0.2, 0.25) is 0 Å². The topological polar surface area (TPSA) is 132 Å². The van der Waals surface area contributed by atoms with Crippen LogP contribution in [-0.4, -0.2) is 18.3 Å². The molecule has 2 aromatic rings. The smallest absolute Gasteiger partial charge is 0.258 e. The first-order valence-electron chi connectivity index (χ1n) is 6.27. The Morgan fingerprint density at radius 3 is 1.70 bits per heavy atom. The fourth-order valence-electron chi connectivity index (χ4n) is 1.74. The van der Waals surface area contributed by atoms with Crippen molar-refractivity contribution in [1.29, 1.82) is 0 Å². The van der Waals surface area contributed by atoms with Crippen molar-refractivity contribution in [2.24, 2.45) is 0 Å². The highest BCUT2D eigenvalue weighted by atomic mass is 32.2. The summed E-state index contributed by atoms with van der Waals surface area (Å²) in [7, 11) is -3.83. The van der Waals surface area contributed by atoms with Gasteiger partial charge < -0.3 is 0 Å². The summed E-state index contributed by atoms with van der Waals surface area (Å²) in [6.45, 7) is -0.0582. The average Bonchev–Trinajstić information content (AvgIpc) is 2.53. The van der Waals surface area contributed by atoms with Crippen LogP contribution in [0.1, 0.15) is 5.56 Å². The molecule has 0 unspecified atom stereocenters. The fraction of sp³-hybridized carbons (Fsp3) is 0.0769. The monoisotopic (exact) mass is 337 g/mol. The van der Waals surface area contributed by atoms with Gasteiger partial charge in [0.05, 0.1) is 14.7 Å². The van der Waals surface area contributed by atoms with Crippen LogP contribution in [0.3, 0.4) is 0 Å². The van der Waals surface area contributed by atoms with Crippen molar-refractivity contribution in [2.75, 3.05) is 0 Å². The first-order valence-corrected chi connectivity index (χ1v) is 7.75. The van der Waals surface area contributed by atoms with Crippen LogP contribution in [0, 0.1) is 20.2 Å². The number of non-ortho nitro benzene ring substituents is 2. The third-order valence-electron chi connectivity index (χ3n) is 2.97. The molecular weight excluding hydrogens is 326 g/mol. The van der Waals surface area contributed by atoms with Gasteiger partial charge in [0.1, 0.15) is 0 Å². The van der Waals surface area contributed by atoms with Crippen LogP contribution in [0.4, 0.5) is 11.4 Å². The van der Waals surface area contributed by atoms with Crippen molar-refractivity contribution < 1.29 is 18.3 Å². The minimum absolute atomic E-state index is 0.0582. The van der Waals surface area contributed by atoms with E-state index in [4.69, 9.17) is 0 Å². The van der Waals surface area contributed by atoms with E-state index < -0.39 is 19.9 Å². The number of hydrogen-bond donors (Lipinski definition) is 1. The molecule has 0 aromatic heterocycles. The zero-order valence-electron chi connectivity index (χ0n) is 11.6. The Hall–Kier alpha value is -2.85. The van der Waals surface area contributed by atoms with Crippen LogP contribution >= 0.6 is 0 Å². The van der Waals surface area contributed by atoms with E-state index in [2.05, 4.69) is 4.72 Å². The third-order valence-corrected chi connectivity index (χ3v) is 4.39. The van der Waals surface area contributed by atoms with E-state index in [-0.39, 0.29) is 22.8 Å². The number of rotatable bonds is 6.